The fourth-order valence-corrected chi connectivity index (χ4v) is 2.32. The van der Waals surface area contributed by atoms with Crippen LogP contribution in [0.5, 0.6) is 5.75 Å². The van der Waals surface area contributed by atoms with Crippen LogP contribution < -0.4 is 10.6 Å². The number of halogens is 3. The number of nitrogens with one attached hydrogen (secondary N) is 2. The van der Waals surface area contributed by atoms with Gasteiger partial charge in [-0.15, -0.1) is 24.0 Å². The molecule has 0 aliphatic carbocycles. The second-order valence-electron chi connectivity index (χ2n) is 5.46. The number of nitrogens with zero attached hydrogens (tertiary/aromatic N) is 1. The van der Waals surface area contributed by atoms with Crippen LogP contribution in [0.25, 0.3) is 0 Å². The molecule has 7 heteroatoms. The summed E-state index contributed by atoms with van der Waals surface area (Å²) >= 11 is 0. The van der Waals surface area contributed by atoms with E-state index in [1.807, 2.05) is 6.92 Å². The third-order valence-corrected chi connectivity index (χ3v) is 3.69. The maximum atomic E-state index is 13.3. The molecule has 136 valence electrons. The summed E-state index contributed by atoms with van der Waals surface area (Å²) in [6.07, 6.45) is 0.737. The van der Waals surface area contributed by atoms with E-state index >= 15 is 0 Å². The zero-order valence-corrected chi connectivity index (χ0v) is 16.5. The number of aliphatic imine (C=N–C) groups is 1. The van der Waals surface area contributed by atoms with Crippen LogP contribution in [-0.2, 0) is 13.0 Å². The quantitative estimate of drug-likeness (QED) is 0.363. The van der Waals surface area contributed by atoms with Crippen molar-refractivity contribution in [3.05, 3.63) is 64.7 Å². The van der Waals surface area contributed by atoms with Crippen molar-refractivity contribution in [3.63, 3.8) is 0 Å². The maximum absolute atomic E-state index is 13.3. The van der Waals surface area contributed by atoms with Crippen LogP contribution in [0.1, 0.15) is 16.7 Å². The molecule has 0 spiro atoms. The summed E-state index contributed by atoms with van der Waals surface area (Å²) in [5.74, 6) is -0.661. The molecule has 4 nitrogen and oxygen atoms in total. The number of phenols is 1. The first-order chi connectivity index (χ1) is 11.5. The highest BCUT2D eigenvalue weighted by molar-refractivity contribution is 14.0. The average molecular weight is 461 g/mol. The molecule has 0 amide bonds. The van der Waals surface area contributed by atoms with E-state index in [-0.39, 0.29) is 35.5 Å². The number of aromatic hydroxyl groups is 1. The van der Waals surface area contributed by atoms with Crippen molar-refractivity contribution in [3.8, 4) is 5.75 Å². The zero-order valence-electron chi connectivity index (χ0n) is 14.1. The minimum absolute atomic E-state index is 0. The molecular weight excluding hydrogens is 439 g/mol. The molecule has 0 saturated heterocycles. The third-order valence-electron chi connectivity index (χ3n) is 3.69. The molecule has 25 heavy (non-hydrogen) atoms. The summed E-state index contributed by atoms with van der Waals surface area (Å²) in [5.41, 5.74) is 2.68. The summed E-state index contributed by atoms with van der Waals surface area (Å²) in [4.78, 5) is 4.10. The molecule has 0 fully saturated rings. The SMILES string of the molecule is CN=C(NCCc1ccc(F)cc1C)NCc1ccc(O)c(F)c1.I. The summed E-state index contributed by atoms with van der Waals surface area (Å²) in [5, 5.41) is 15.4. The van der Waals surface area contributed by atoms with Crippen molar-refractivity contribution in [1.29, 1.82) is 0 Å². The van der Waals surface area contributed by atoms with Gasteiger partial charge in [0.25, 0.3) is 0 Å². The summed E-state index contributed by atoms with van der Waals surface area (Å²) in [7, 11) is 1.65. The Bertz CT molecular complexity index is 738. The average Bonchev–Trinajstić information content (AvgIpc) is 2.55. The monoisotopic (exact) mass is 461 g/mol. The van der Waals surface area contributed by atoms with E-state index in [0.29, 0.717) is 24.6 Å². The van der Waals surface area contributed by atoms with Gasteiger partial charge in [0.15, 0.2) is 17.5 Å². The Kier molecular flexibility index (Phi) is 8.60. The normalized spacial score (nSPS) is 11.0. The van der Waals surface area contributed by atoms with Crippen molar-refractivity contribution in [2.75, 3.05) is 13.6 Å². The molecular formula is C18H22F2IN3O. The van der Waals surface area contributed by atoms with Crippen LogP contribution in [0.3, 0.4) is 0 Å². The molecule has 2 aromatic rings. The lowest BCUT2D eigenvalue weighted by Crippen LogP contribution is -2.37. The predicted molar refractivity (Wildman–Crippen MR) is 107 cm³/mol. The predicted octanol–water partition coefficient (Wildman–Crippen LogP) is 3.50. The smallest absolute Gasteiger partial charge is 0.191 e. The third kappa shape index (κ3) is 6.49. The molecule has 0 aromatic heterocycles. The first-order valence-corrected chi connectivity index (χ1v) is 7.66. The highest BCUT2D eigenvalue weighted by Gasteiger charge is 2.04. The Morgan fingerprint density at radius 2 is 1.88 bits per heavy atom. The van der Waals surface area contributed by atoms with Crippen LogP contribution in [-0.4, -0.2) is 24.7 Å². The zero-order chi connectivity index (χ0) is 17.5. The molecule has 3 N–H and O–H groups in total. The van der Waals surface area contributed by atoms with E-state index in [1.165, 1.54) is 24.3 Å². The van der Waals surface area contributed by atoms with Gasteiger partial charge < -0.3 is 15.7 Å². The first kappa shape index (κ1) is 21.1. The van der Waals surface area contributed by atoms with Gasteiger partial charge in [-0.1, -0.05) is 12.1 Å². The van der Waals surface area contributed by atoms with Crippen molar-refractivity contribution in [2.24, 2.45) is 4.99 Å². The van der Waals surface area contributed by atoms with E-state index in [0.717, 1.165) is 17.5 Å². The molecule has 0 aliphatic rings. The topological polar surface area (TPSA) is 56.7 Å². The number of rotatable bonds is 5. The molecule has 2 aromatic carbocycles. The van der Waals surface area contributed by atoms with Gasteiger partial charge in [-0.3, -0.25) is 4.99 Å². The number of benzene rings is 2. The largest absolute Gasteiger partial charge is 0.505 e. The maximum Gasteiger partial charge on any atom is 0.191 e. The van der Waals surface area contributed by atoms with E-state index in [2.05, 4.69) is 15.6 Å². The van der Waals surface area contributed by atoms with Crippen molar-refractivity contribution < 1.29 is 13.9 Å². The van der Waals surface area contributed by atoms with Crippen molar-refractivity contribution in [1.82, 2.24) is 10.6 Å². The first-order valence-electron chi connectivity index (χ1n) is 7.66. The van der Waals surface area contributed by atoms with Crippen LogP contribution in [0.15, 0.2) is 41.4 Å². The second-order valence-corrected chi connectivity index (χ2v) is 5.46. The molecule has 0 unspecified atom stereocenters. The van der Waals surface area contributed by atoms with Gasteiger partial charge in [0.1, 0.15) is 5.82 Å². The molecule has 0 radical (unpaired) electrons. The standard InChI is InChI=1S/C18H21F2N3O.HI/c1-12-9-15(19)5-4-14(12)7-8-22-18(21-2)23-11-13-3-6-17(24)16(20)10-13;/h3-6,9-10,24H,7-8,11H2,1-2H3,(H2,21,22,23);1H. The molecule has 0 atom stereocenters. The highest BCUT2D eigenvalue weighted by atomic mass is 127. The van der Waals surface area contributed by atoms with Crippen LogP contribution in [0, 0.1) is 18.6 Å². The fraction of sp³-hybridized carbons (Fsp3) is 0.278. The Balaban J connectivity index is 0.00000312. The minimum atomic E-state index is -0.649. The molecule has 0 heterocycles. The number of hydrogen-bond donors (Lipinski definition) is 3. The Morgan fingerprint density at radius 3 is 2.52 bits per heavy atom. The van der Waals surface area contributed by atoms with E-state index in [1.54, 1.807) is 19.2 Å². The molecule has 0 saturated carbocycles. The van der Waals surface area contributed by atoms with Gasteiger partial charge in [-0.05, 0) is 54.3 Å². The van der Waals surface area contributed by atoms with E-state index in [4.69, 9.17) is 0 Å². The van der Waals surface area contributed by atoms with Crippen molar-refractivity contribution in [2.45, 2.75) is 19.9 Å². The lowest BCUT2D eigenvalue weighted by molar-refractivity contribution is 0.431. The Labute approximate surface area is 163 Å². The Hall–Kier alpha value is -1.90. The number of hydrogen-bond acceptors (Lipinski definition) is 2. The number of aryl methyl sites for hydroxylation is 1. The van der Waals surface area contributed by atoms with Gasteiger partial charge >= 0.3 is 0 Å². The second kappa shape index (κ2) is 10.2. The summed E-state index contributed by atoms with van der Waals surface area (Å²) in [6.45, 7) is 2.90. The van der Waals surface area contributed by atoms with E-state index < -0.39 is 5.82 Å². The van der Waals surface area contributed by atoms with Gasteiger partial charge in [0.05, 0.1) is 0 Å². The minimum Gasteiger partial charge on any atom is -0.505 e. The molecule has 0 bridgehead atoms. The van der Waals surface area contributed by atoms with Crippen LogP contribution >= 0.6 is 24.0 Å². The van der Waals surface area contributed by atoms with Crippen LogP contribution in [0.4, 0.5) is 8.78 Å². The number of guanidine groups is 1. The van der Waals surface area contributed by atoms with Gasteiger partial charge in [-0.2, -0.15) is 0 Å². The van der Waals surface area contributed by atoms with Gasteiger partial charge in [0, 0.05) is 20.1 Å². The summed E-state index contributed by atoms with van der Waals surface area (Å²) < 4.78 is 26.4. The highest BCUT2D eigenvalue weighted by Crippen LogP contribution is 2.15. The van der Waals surface area contributed by atoms with E-state index in [9.17, 15) is 13.9 Å². The summed E-state index contributed by atoms with van der Waals surface area (Å²) in [6, 6.07) is 8.98. The number of phenolic OH excluding ortho intramolecular Hbond substituents is 1. The van der Waals surface area contributed by atoms with Gasteiger partial charge in [-0.25, -0.2) is 8.78 Å². The molecule has 2 rings (SSSR count). The molecule has 0 aliphatic heterocycles. The lowest BCUT2D eigenvalue weighted by Gasteiger charge is -2.13. The lowest BCUT2D eigenvalue weighted by atomic mass is 10.1. The van der Waals surface area contributed by atoms with Gasteiger partial charge in [0.2, 0.25) is 0 Å². The Morgan fingerprint density at radius 1 is 1.12 bits per heavy atom. The van der Waals surface area contributed by atoms with Crippen molar-refractivity contribution >= 4 is 29.9 Å². The fourth-order valence-electron chi connectivity index (χ4n) is 2.32. The van der Waals surface area contributed by atoms with Crippen LogP contribution in [0.2, 0.25) is 0 Å².